The van der Waals surface area contributed by atoms with Gasteiger partial charge in [-0.2, -0.15) is 4.98 Å². The highest BCUT2D eigenvalue weighted by Crippen LogP contribution is 2.26. The maximum absolute atomic E-state index is 12.8. The summed E-state index contributed by atoms with van der Waals surface area (Å²) < 4.78 is 18.0. The second-order valence-corrected chi connectivity index (χ2v) is 4.28. The summed E-state index contributed by atoms with van der Waals surface area (Å²) in [7, 11) is 0. The van der Waals surface area contributed by atoms with E-state index in [1.165, 1.54) is 12.1 Å². The normalized spacial score (nSPS) is 10.7. The summed E-state index contributed by atoms with van der Waals surface area (Å²) in [6, 6.07) is 7.61. The zero-order valence-electron chi connectivity index (χ0n) is 10.5. The number of phenolic OH excluding ortho intramolecular Hbond substituents is 1. The van der Waals surface area contributed by atoms with E-state index < -0.39 is 5.82 Å². The van der Waals surface area contributed by atoms with Gasteiger partial charge in [0.25, 0.3) is 5.89 Å². The fourth-order valence-corrected chi connectivity index (χ4v) is 1.83. The molecule has 0 fully saturated rings. The van der Waals surface area contributed by atoms with Gasteiger partial charge in [-0.05, 0) is 42.8 Å². The third-order valence-corrected chi connectivity index (χ3v) is 2.82. The summed E-state index contributed by atoms with van der Waals surface area (Å²) in [6.07, 6.45) is 1.09. The van der Waals surface area contributed by atoms with Crippen LogP contribution < -0.4 is 0 Å². The Hall–Kier alpha value is -2.76. The Morgan fingerprint density at radius 2 is 2.05 bits per heavy atom. The Kier molecular flexibility index (Phi) is 2.90. The minimum Gasteiger partial charge on any atom is -0.508 e. The Labute approximate surface area is 113 Å². The second-order valence-electron chi connectivity index (χ2n) is 4.28. The number of aryl methyl sites for hydroxylation is 1. The van der Waals surface area contributed by atoms with Gasteiger partial charge in [0.1, 0.15) is 17.3 Å². The van der Waals surface area contributed by atoms with Crippen LogP contribution in [0.15, 0.2) is 41.1 Å². The van der Waals surface area contributed by atoms with E-state index in [9.17, 15) is 9.50 Å². The van der Waals surface area contributed by atoms with Gasteiger partial charge in [0, 0.05) is 5.56 Å². The molecule has 3 rings (SSSR count). The first-order valence-corrected chi connectivity index (χ1v) is 5.89. The van der Waals surface area contributed by atoms with E-state index in [2.05, 4.69) is 15.1 Å². The molecule has 5 nitrogen and oxygen atoms in total. The Morgan fingerprint density at radius 3 is 2.75 bits per heavy atom. The highest BCUT2D eigenvalue weighted by Gasteiger charge is 2.13. The van der Waals surface area contributed by atoms with E-state index in [1.807, 2.05) is 6.92 Å². The van der Waals surface area contributed by atoms with E-state index in [-0.39, 0.29) is 11.6 Å². The third kappa shape index (κ3) is 2.23. The Balaban J connectivity index is 1.99. The van der Waals surface area contributed by atoms with Crippen LogP contribution >= 0.6 is 0 Å². The number of benzene rings is 1. The van der Waals surface area contributed by atoms with E-state index >= 15 is 0 Å². The first-order chi connectivity index (χ1) is 9.63. The number of halogens is 1. The fraction of sp³-hybridized carbons (Fsp3) is 0.0714. The van der Waals surface area contributed by atoms with Crippen molar-refractivity contribution >= 4 is 0 Å². The molecule has 2 aromatic heterocycles. The van der Waals surface area contributed by atoms with Gasteiger partial charge in [-0.25, -0.2) is 9.37 Å². The molecule has 0 spiro atoms. The van der Waals surface area contributed by atoms with Gasteiger partial charge < -0.3 is 9.63 Å². The molecule has 0 radical (unpaired) electrons. The number of aromatic hydroxyl groups is 1. The van der Waals surface area contributed by atoms with E-state index in [0.717, 1.165) is 17.3 Å². The molecule has 100 valence electrons. The van der Waals surface area contributed by atoms with E-state index in [4.69, 9.17) is 4.52 Å². The molecule has 0 aliphatic heterocycles. The Morgan fingerprint density at radius 1 is 1.20 bits per heavy atom. The standard InChI is InChI=1S/C14H10FN3O2/c1-8-6-10(19)3-4-11(8)14-17-13(18-20-14)12-5-2-9(15)7-16-12/h2-7,19H,1H3. The van der Waals surface area contributed by atoms with Crippen LogP contribution in [0.3, 0.4) is 0 Å². The van der Waals surface area contributed by atoms with Gasteiger partial charge in [-0.1, -0.05) is 5.16 Å². The van der Waals surface area contributed by atoms with Crippen LogP contribution in [0.25, 0.3) is 23.0 Å². The molecular formula is C14H10FN3O2. The van der Waals surface area contributed by atoms with Crippen LogP contribution in [-0.2, 0) is 0 Å². The van der Waals surface area contributed by atoms with Crippen molar-refractivity contribution in [3.05, 3.63) is 47.9 Å². The van der Waals surface area contributed by atoms with Crippen molar-refractivity contribution in [2.24, 2.45) is 0 Å². The van der Waals surface area contributed by atoms with Crippen LogP contribution in [-0.4, -0.2) is 20.2 Å². The molecule has 0 saturated heterocycles. The maximum atomic E-state index is 12.8. The monoisotopic (exact) mass is 271 g/mol. The minimum absolute atomic E-state index is 0.172. The molecule has 0 aliphatic carbocycles. The lowest BCUT2D eigenvalue weighted by molar-refractivity contribution is 0.431. The number of hydrogen-bond donors (Lipinski definition) is 1. The van der Waals surface area contributed by atoms with Crippen LogP contribution in [0.1, 0.15) is 5.56 Å². The molecule has 20 heavy (non-hydrogen) atoms. The average Bonchev–Trinajstić information content (AvgIpc) is 2.89. The van der Waals surface area contributed by atoms with Gasteiger partial charge in [-0.3, -0.25) is 0 Å². The number of pyridine rings is 1. The first kappa shape index (κ1) is 12.3. The molecule has 0 amide bonds. The molecule has 0 aliphatic rings. The summed E-state index contributed by atoms with van der Waals surface area (Å²) in [5.41, 5.74) is 1.97. The predicted octanol–water partition coefficient (Wildman–Crippen LogP) is 2.95. The topological polar surface area (TPSA) is 72.0 Å². The van der Waals surface area contributed by atoms with Gasteiger partial charge in [0.15, 0.2) is 0 Å². The lowest BCUT2D eigenvalue weighted by Crippen LogP contribution is -1.87. The summed E-state index contributed by atoms with van der Waals surface area (Å²) in [4.78, 5) is 8.12. The fourth-order valence-electron chi connectivity index (χ4n) is 1.83. The molecule has 0 atom stereocenters. The first-order valence-electron chi connectivity index (χ1n) is 5.89. The summed E-state index contributed by atoms with van der Waals surface area (Å²) in [5, 5.41) is 13.2. The average molecular weight is 271 g/mol. The molecule has 1 aromatic carbocycles. The molecule has 6 heteroatoms. The molecule has 3 aromatic rings. The van der Waals surface area contributed by atoms with Crippen LogP contribution in [0.4, 0.5) is 4.39 Å². The number of rotatable bonds is 2. The highest BCUT2D eigenvalue weighted by atomic mass is 19.1. The van der Waals surface area contributed by atoms with Gasteiger partial charge in [0.2, 0.25) is 5.82 Å². The highest BCUT2D eigenvalue weighted by molar-refractivity contribution is 5.62. The van der Waals surface area contributed by atoms with Gasteiger partial charge >= 0.3 is 0 Å². The zero-order valence-corrected chi connectivity index (χ0v) is 10.5. The van der Waals surface area contributed by atoms with Crippen molar-refractivity contribution in [2.45, 2.75) is 6.92 Å². The lowest BCUT2D eigenvalue weighted by atomic mass is 10.1. The molecule has 2 heterocycles. The summed E-state index contributed by atoms with van der Waals surface area (Å²) in [6.45, 7) is 1.83. The minimum atomic E-state index is -0.424. The maximum Gasteiger partial charge on any atom is 0.258 e. The number of hydrogen-bond acceptors (Lipinski definition) is 5. The smallest absolute Gasteiger partial charge is 0.258 e. The largest absolute Gasteiger partial charge is 0.508 e. The predicted molar refractivity (Wildman–Crippen MR) is 69.3 cm³/mol. The van der Waals surface area contributed by atoms with Crippen molar-refractivity contribution in [3.63, 3.8) is 0 Å². The Bertz CT molecular complexity index is 753. The van der Waals surface area contributed by atoms with Gasteiger partial charge in [-0.15, -0.1) is 0 Å². The van der Waals surface area contributed by atoms with Crippen LogP contribution in [0.5, 0.6) is 5.75 Å². The van der Waals surface area contributed by atoms with Crippen molar-refractivity contribution in [1.82, 2.24) is 15.1 Å². The quantitative estimate of drug-likeness (QED) is 0.775. The van der Waals surface area contributed by atoms with Crippen molar-refractivity contribution < 1.29 is 14.0 Å². The van der Waals surface area contributed by atoms with Crippen molar-refractivity contribution in [2.75, 3.05) is 0 Å². The molecule has 0 saturated carbocycles. The van der Waals surface area contributed by atoms with E-state index in [1.54, 1.807) is 18.2 Å². The molecule has 0 unspecified atom stereocenters. The molecule has 1 N–H and O–H groups in total. The number of nitrogens with zero attached hydrogens (tertiary/aromatic N) is 3. The third-order valence-electron chi connectivity index (χ3n) is 2.82. The number of aromatic nitrogens is 3. The van der Waals surface area contributed by atoms with Crippen molar-refractivity contribution in [3.8, 4) is 28.7 Å². The van der Waals surface area contributed by atoms with Crippen LogP contribution in [0, 0.1) is 12.7 Å². The van der Waals surface area contributed by atoms with Crippen molar-refractivity contribution in [1.29, 1.82) is 0 Å². The number of phenols is 1. The lowest BCUT2D eigenvalue weighted by Gasteiger charge is -2.00. The SMILES string of the molecule is Cc1cc(O)ccc1-c1nc(-c2ccc(F)cn2)no1. The zero-order chi connectivity index (χ0) is 14.1. The second kappa shape index (κ2) is 4.73. The van der Waals surface area contributed by atoms with Gasteiger partial charge in [0.05, 0.1) is 6.20 Å². The summed E-state index contributed by atoms with van der Waals surface area (Å²) in [5.74, 6) is 0.356. The van der Waals surface area contributed by atoms with E-state index in [0.29, 0.717) is 11.6 Å². The summed E-state index contributed by atoms with van der Waals surface area (Å²) >= 11 is 0. The molecular weight excluding hydrogens is 261 g/mol. The van der Waals surface area contributed by atoms with Crippen LogP contribution in [0.2, 0.25) is 0 Å². The molecule has 0 bridgehead atoms.